The summed E-state index contributed by atoms with van der Waals surface area (Å²) in [4.78, 5) is 25.9. The fraction of sp³-hybridized carbons (Fsp3) is 0.579. The van der Waals surface area contributed by atoms with Crippen molar-refractivity contribution in [3.8, 4) is 0 Å². The van der Waals surface area contributed by atoms with Crippen LogP contribution in [-0.4, -0.2) is 35.0 Å². The average Bonchev–Trinajstić information content (AvgIpc) is 2.56. The fourth-order valence-electron chi connectivity index (χ4n) is 3.66. The van der Waals surface area contributed by atoms with Gasteiger partial charge in [0.2, 0.25) is 5.91 Å². The second-order valence-corrected chi connectivity index (χ2v) is 7.33. The molecule has 1 saturated carbocycles. The quantitative estimate of drug-likeness (QED) is 0.694. The molecule has 0 spiro atoms. The van der Waals surface area contributed by atoms with Crippen LogP contribution in [0.2, 0.25) is 10.0 Å². The summed E-state index contributed by atoms with van der Waals surface area (Å²) in [6.45, 7) is 4.57. The summed E-state index contributed by atoms with van der Waals surface area (Å²) in [5, 5.41) is 10.5. The van der Waals surface area contributed by atoms with Gasteiger partial charge in [0.15, 0.2) is 5.92 Å². The Morgan fingerprint density at radius 1 is 1.12 bits per heavy atom. The summed E-state index contributed by atoms with van der Waals surface area (Å²) in [5.41, 5.74) is 1.24. The molecule has 1 aromatic rings. The molecular formula is C19H25Cl2NO3. The number of carboxylic acid groups (broad SMARTS) is 1. The molecule has 1 atom stereocenters. The molecule has 1 amide bonds. The van der Waals surface area contributed by atoms with Crippen LogP contribution in [0.1, 0.15) is 68.9 Å². The van der Waals surface area contributed by atoms with Crippen molar-refractivity contribution < 1.29 is 14.7 Å². The van der Waals surface area contributed by atoms with Gasteiger partial charge in [0.25, 0.3) is 0 Å². The van der Waals surface area contributed by atoms with Crippen molar-refractivity contribution in [3.63, 3.8) is 0 Å². The summed E-state index contributed by atoms with van der Waals surface area (Å²) in [5.74, 6) is -2.59. The molecule has 4 nitrogen and oxygen atoms in total. The maximum absolute atomic E-state index is 12.6. The maximum atomic E-state index is 12.6. The van der Waals surface area contributed by atoms with E-state index in [1.54, 1.807) is 12.1 Å². The molecule has 0 aromatic heterocycles. The number of hydrogen-bond donors (Lipinski definition) is 1. The molecule has 1 N–H and O–H groups in total. The van der Waals surface area contributed by atoms with Gasteiger partial charge in [-0.3, -0.25) is 9.59 Å². The first-order chi connectivity index (χ1) is 11.9. The summed E-state index contributed by atoms with van der Waals surface area (Å²) >= 11 is 12.9. The first-order valence-corrected chi connectivity index (χ1v) is 9.66. The normalized spacial score (nSPS) is 16.5. The number of likely N-dealkylation sites (N-methyl/N-ethyl adjacent to an activating group) is 1. The van der Waals surface area contributed by atoms with Gasteiger partial charge in [-0.25, -0.2) is 0 Å². The Labute approximate surface area is 159 Å². The lowest BCUT2D eigenvalue weighted by molar-refractivity contribution is -0.146. The fourth-order valence-corrected chi connectivity index (χ4v) is 4.47. The molecule has 138 valence electrons. The van der Waals surface area contributed by atoms with Crippen molar-refractivity contribution in [3.05, 3.63) is 33.3 Å². The molecule has 2 rings (SSSR count). The third kappa shape index (κ3) is 4.48. The van der Waals surface area contributed by atoms with E-state index in [4.69, 9.17) is 23.2 Å². The number of amides is 1. The Balaban J connectivity index is 2.39. The molecular weight excluding hydrogens is 361 g/mol. The third-order valence-electron chi connectivity index (χ3n) is 5.02. The number of benzene rings is 1. The minimum absolute atomic E-state index is 0.310. The van der Waals surface area contributed by atoms with Crippen molar-refractivity contribution in [2.75, 3.05) is 13.1 Å². The summed E-state index contributed by atoms with van der Waals surface area (Å²) in [6.07, 6.45) is 5.61. The number of nitrogens with zero attached hydrogens (tertiary/aromatic N) is 1. The minimum Gasteiger partial charge on any atom is -0.480 e. The van der Waals surface area contributed by atoms with E-state index in [2.05, 4.69) is 0 Å². The molecule has 1 aromatic carbocycles. The second-order valence-electron chi connectivity index (χ2n) is 6.51. The van der Waals surface area contributed by atoms with E-state index in [1.807, 2.05) is 13.8 Å². The topological polar surface area (TPSA) is 57.6 Å². The standard InChI is InChI=1S/C19H25Cl2NO3/c1-3-22(4-2)18(23)17(19(24)25)13-10-14(20)16(15(21)11-13)12-8-6-5-7-9-12/h10-12,17H,3-9H2,1-2H3,(H,24,25). The number of carbonyl (C=O) groups excluding carboxylic acids is 1. The third-order valence-corrected chi connectivity index (χ3v) is 5.64. The van der Waals surface area contributed by atoms with Gasteiger partial charge < -0.3 is 10.0 Å². The zero-order valence-corrected chi connectivity index (χ0v) is 16.2. The van der Waals surface area contributed by atoms with Crippen molar-refractivity contribution in [2.24, 2.45) is 0 Å². The molecule has 0 radical (unpaired) electrons. The summed E-state index contributed by atoms with van der Waals surface area (Å²) in [7, 11) is 0. The molecule has 1 aliphatic carbocycles. The SMILES string of the molecule is CCN(CC)C(=O)C(C(=O)O)c1cc(Cl)c(C2CCCCC2)c(Cl)c1. The van der Waals surface area contributed by atoms with Crippen LogP contribution in [0.3, 0.4) is 0 Å². The van der Waals surface area contributed by atoms with Crippen LogP contribution in [0.4, 0.5) is 0 Å². The van der Waals surface area contributed by atoms with Gasteiger partial charge in [-0.15, -0.1) is 0 Å². The predicted octanol–water partition coefficient (Wildman–Crippen LogP) is 5.08. The Morgan fingerprint density at radius 3 is 2.08 bits per heavy atom. The van der Waals surface area contributed by atoms with E-state index < -0.39 is 17.8 Å². The summed E-state index contributed by atoms with van der Waals surface area (Å²) in [6, 6.07) is 3.22. The number of rotatable bonds is 6. The van der Waals surface area contributed by atoms with Crippen molar-refractivity contribution in [1.29, 1.82) is 0 Å². The number of halogens is 2. The van der Waals surface area contributed by atoms with Gasteiger partial charge in [-0.1, -0.05) is 42.5 Å². The zero-order chi connectivity index (χ0) is 18.6. The van der Waals surface area contributed by atoms with Crippen LogP contribution < -0.4 is 0 Å². The molecule has 25 heavy (non-hydrogen) atoms. The van der Waals surface area contributed by atoms with Crippen LogP contribution in [0, 0.1) is 0 Å². The van der Waals surface area contributed by atoms with Crippen LogP contribution in [0.25, 0.3) is 0 Å². The van der Waals surface area contributed by atoms with Gasteiger partial charge in [0, 0.05) is 23.1 Å². The maximum Gasteiger partial charge on any atom is 0.320 e. The Bertz CT molecular complexity index is 615. The van der Waals surface area contributed by atoms with E-state index in [0.29, 0.717) is 34.6 Å². The highest BCUT2D eigenvalue weighted by Crippen LogP contribution is 2.41. The number of carbonyl (C=O) groups is 2. The van der Waals surface area contributed by atoms with Crippen molar-refractivity contribution in [1.82, 2.24) is 4.90 Å². The molecule has 1 unspecified atom stereocenters. The van der Waals surface area contributed by atoms with Gasteiger partial charge in [0.05, 0.1) is 0 Å². The lowest BCUT2D eigenvalue weighted by Crippen LogP contribution is -2.38. The van der Waals surface area contributed by atoms with Crippen LogP contribution in [0.15, 0.2) is 12.1 Å². The smallest absolute Gasteiger partial charge is 0.320 e. The van der Waals surface area contributed by atoms with Gasteiger partial charge >= 0.3 is 5.97 Å². The highest BCUT2D eigenvalue weighted by Gasteiger charge is 2.33. The minimum atomic E-state index is -1.28. The molecule has 0 aliphatic heterocycles. The van der Waals surface area contributed by atoms with Crippen molar-refractivity contribution in [2.45, 2.75) is 57.8 Å². The lowest BCUT2D eigenvalue weighted by atomic mass is 9.83. The van der Waals surface area contributed by atoms with Crippen LogP contribution in [-0.2, 0) is 9.59 Å². The Hall–Kier alpha value is -1.26. The molecule has 1 fully saturated rings. The second kappa shape index (κ2) is 8.91. The zero-order valence-electron chi connectivity index (χ0n) is 14.7. The van der Waals surface area contributed by atoms with Gasteiger partial charge in [-0.05, 0) is 55.9 Å². The number of aliphatic carboxylic acids is 1. The van der Waals surface area contributed by atoms with Crippen LogP contribution in [0.5, 0.6) is 0 Å². The predicted molar refractivity (Wildman–Crippen MR) is 101 cm³/mol. The van der Waals surface area contributed by atoms with Gasteiger partial charge in [-0.2, -0.15) is 0 Å². The van der Waals surface area contributed by atoms with E-state index >= 15 is 0 Å². The largest absolute Gasteiger partial charge is 0.480 e. The van der Waals surface area contributed by atoms with Crippen LogP contribution >= 0.6 is 23.2 Å². The van der Waals surface area contributed by atoms with E-state index in [1.165, 1.54) is 11.3 Å². The Morgan fingerprint density at radius 2 is 1.64 bits per heavy atom. The number of carboxylic acids is 1. The molecule has 6 heteroatoms. The number of hydrogen-bond acceptors (Lipinski definition) is 2. The van der Waals surface area contributed by atoms with E-state index in [-0.39, 0.29) is 0 Å². The lowest BCUT2D eigenvalue weighted by Gasteiger charge is -2.26. The first kappa shape index (κ1) is 20.1. The van der Waals surface area contributed by atoms with Crippen molar-refractivity contribution >= 4 is 35.1 Å². The molecule has 1 aliphatic rings. The molecule has 0 saturated heterocycles. The molecule has 0 bridgehead atoms. The molecule has 0 heterocycles. The highest BCUT2D eigenvalue weighted by molar-refractivity contribution is 6.36. The first-order valence-electron chi connectivity index (χ1n) is 8.91. The van der Waals surface area contributed by atoms with E-state index in [0.717, 1.165) is 31.2 Å². The highest BCUT2D eigenvalue weighted by atomic mass is 35.5. The summed E-state index contributed by atoms with van der Waals surface area (Å²) < 4.78 is 0. The average molecular weight is 386 g/mol. The van der Waals surface area contributed by atoms with Gasteiger partial charge in [0.1, 0.15) is 0 Å². The Kier molecular flexibility index (Phi) is 7.14. The monoisotopic (exact) mass is 385 g/mol. The van der Waals surface area contributed by atoms with E-state index in [9.17, 15) is 14.7 Å².